The summed E-state index contributed by atoms with van der Waals surface area (Å²) in [7, 11) is 0. The zero-order valence-electron chi connectivity index (χ0n) is 11.7. The van der Waals surface area contributed by atoms with E-state index in [4.69, 9.17) is 11.1 Å². The van der Waals surface area contributed by atoms with Crippen LogP contribution in [-0.2, 0) is 18.7 Å². The van der Waals surface area contributed by atoms with E-state index in [9.17, 15) is 0 Å². The monoisotopic (exact) mass is 302 g/mol. The third-order valence-corrected chi connectivity index (χ3v) is 4.59. The molecule has 0 atom stereocenters. The molecule has 7 heteroatoms. The van der Waals surface area contributed by atoms with Gasteiger partial charge in [-0.2, -0.15) is 0 Å². The minimum atomic E-state index is 0.00581. The van der Waals surface area contributed by atoms with Crippen LogP contribution in [0.5, 0.6) is 0 Å². The lowest BCUT2D eigenvalue weighted by Crippen LogP contribution is -2.15. The first kappa shape index (κ1) is 14.1. The largest absolute Gasteiger partial charge is 0.382 e. The van der Waals surface area contributed by atoms with Crippen LogP contribution >= 0.6 is 11.8 Å². The van der Waals surface area contributed by atoms with E-state index in [0.717, 1.165) is 29.5 Å². The molecule has 3 heterocycles. The van der Waals surface area contributed by atoms with Crippen molar-refractivity contribution in [3.8, 4) is 0 Å². The molecule has 6 nitrogen and oxygen atoms in total. The number of fused-ring (bicyclic) bond motifs is 1. The highest BCUT2D eigenvalue weighted by molar-refractivity contribution is 7.98. The maximum Gasteiger partial charge on any atom is 0.191 e. The Labute approximate surface area is 127 Å². The third-order valence-electron chi connectivity index (χ3n) is 3.58. The summed E-state index contributed by atoms with van der Waals surface area (Å²) in [5, 5.41) is 17.1. The fourth-order valence-electron chi connectivity index (χ4n) is 2.51. The number of pyridine rings is 1. The van der Waals surface area contributed by atoms with Crippen molar-refractivity contribution in [2.75, 3.05) is 0 Å². The van der Waals surface area contributed by atoms with E-state index in [1.165, 1.54) is 19.3 Å². The first-order valence-corrected chi connectivity index (χ1v) is 8.07. The molecule has 1 aliphatic heterocycles. The molecule has 0 bridgehead atoms. The lowest BCUT2D eigenvalue weighted by Gasteiger charge is -2.08. The van der Waals surface area contributed by atoms with Gasteiger partial charge in [0.25, 0.3) is 0 Å². The minimum Gasteiger partial charge on any atom is -0.382 e. The van der Waals surface area contributed by atoms with Crippen molar-refractivity contribution in [1.29, 1.82) is 5.41 Å². The Balaban J connectivity index is 1.77. The van der Waals surface area contributed by atoms with Crippen LogP contribution < -0.4 is 5.73 Å². The fraction of sp³-hybridized carbons (Fsp3) is 0.429. The van der Waals surface area contributed by atoms with Crippen LogP contribution in [0.25, 0.3) is 0 Å². The molecule has 110 valence electrons. The predicted octanol–water partition coefficient (Wildman–Crippen LogP) is 1.98. The van der Waals surface area contributed by atoms with E-state index in [-0.39, 0.29) is 5.84 Å². The molecule has 0 spiro atoms. The average molecular weight is 302 g/mol. The Morgan fingerprint density at radius 3 is 3.10 bits per heavy atom. The Bertz CT molecular complexity index is 651. The molecule has 3 N–H and O–H groups in total. The maximum absolute atomic E-state index is 7.58. The van der Waals surface area contributed by atoms with Crippen LogP contribution in [0, 0.1) is 5.41 Å². The SMILES string of the molecule is N=C(N)c1ncccc1CSc1nnc2n1CCCCC2. The van der Waals surface area contributed by atoms with Crippen LogP contribution in [0.15, 0.2) is 23.5 Å². The van der Waals surface area contributed by atoms with E-state index in [0.29, 0.717) is 11.4 Å². The molecule has 0 amide bonds. The van der Waals surface area contributed by atoms with Crippen molar-refractivity contribution in [2.45, 2.75) is 43.1 Å². The topological polar surface area (TPSA) is 93.5 Å². The van der Waals surface area contributed by atoms with Crippen molar-refractivity contribution < 1.29 is 0 Å². The lowest BCUT2D eigenvalue weighted by atomic mass is 10.2. The number of rotatable bonds is 4. The van der Waals surface area contributed by atoms with E-state index >= 15 is 0 Å². The van der Waals surface area contributed by atoms with Gasteiger partial charge in [-0.15, -0.1) is 10.2 Å². The quantitative estimate of drug-likeness (QED) is 0.511. The highest BCUT2D eigenvalue weighted by Crippen LogP contribution is 2.25. The Hall–Kier alpha value is -1.89. The number of nitrogens with two attached hydrogens (primary N) is 1. The lowest BCUT2D eigenvalue weighted by molar-refractivity contribution is 0.591. The predicted molar refractivity (Wildman–Crippen MR) is 82.4 cm³/mol. The summed E-state index contributed by atoms with van der Waals surface area (Å²) >= 11 is 1.63. The summed E-state index contributed by atoms with van der Waals surface area (Å²) in [6.07, 6.45) is 6.31. The molecule has 0 saturated heterocycles. The highest BCUT2D eigenvalue weighted by atomic mass is 32.2. The molecule has 0 unspecified atom stereocenters. The smallest absolute Gasteiger partial charge is 0.191 e. The number of hydrogen-bond acceptors (Lipinski definition) is 5. The molecule has 0 aromatic carbocycles. The van der Waals surface area contributed by atoms with Gasteiger partial charge in [-0.1, -0.05) is 24.2 Å². The van der Waals surface area contributed by atoms with Gasteiger partial charge in [0, 0.05) is 24.9 Å². The number of thioether (sulfide) groups is 1. The van der Waals surface area contributed by atoms with Gasteiger partial charge < -0.3 is 10.3 Å². The van der Waals surface area contributed by atoms with E-state index in [1.54, 1.807) is 18.0 Å². The standard InChI is InChI=1S/C14H18N6S/c15-13(16)12-10(5-4-7-17-12)9-21-14-19-18-11-6-2-1-3-8-20(11)14/h4-5,7H,1-3,6,8-9H2,(H3,15,16). The molecule has 0 fully saturated rings. The van der Waals surface area contributed by atoms with Gasteiger partial charge in [-0.25, -0.2) is 0 Å². The average Bonchev–Trinajstić information content (AvgIpc) is 2.72. The van der Waals surface area contributed by atoms with Gasteiger partial charge in [0.05, 0.1) is 0 Å². The second kappa shape index (κ2) is 6.26. The molecule has 3 rings (SSSR count). The number of aromatic nitrogens is 4. The number of aryl methyl sites for hydroxylation is 1. The minimum absolute atomic E-state index is 0.00581. The summed E-state index contributed by atoms with van der Waals surface area (Å²) < 4.78 is 2.22. The van der Waals surface area contributed by atoms with Gasteiger partial charge in [-0.3, -0.25) is 10.4 Å². The summed E-state index contributed by atoms with van der Waals surface area (Å²) in [6.45, 7) is 0.997. The second-order valence-electron chi connectivity index (χ2n) is 5.07. The molecule has 0 aliphatic carbocycles. The summed E-state index contributed by atoms with van der Waals surface area (Å²) in [4.78, 5) is 4.17. The van der Waals surface area contributed by atoms with E-state index in [2.05, 4.69) is 19.7 Å². The van der Waals surface area contributed by atoms with Crippen molar-refractivity contribution >= 4 is 17.6 Å². The third kappa shape index (κ3) is 3.07. The first-order valence-electron chi connectivity index (χ1n) is 7.09. The molecule has 1 aliphatic rings. The highest BCUT2D eigenvalue weighted by Gasteiger charge is 2.16. The van der Waals surface area contributed by atoms with Gasteiger partial charge in [0.15, 0.2) is 5.16 Å². The molecule has 21 heavy (non-hydrogen) atoms. The van der Waals surface area contributed by atoms with Gasteiger partial charge in [0.1, 0.15) is 17.4 Å². The van der Waals surface area contributed by atoms with Crippen LogP contribution in [0.4, 0.5) is 0 Å². The number of nitrogen functional groups attached to an aromatic ring is 1. The van der Waals surface area contributed by atoms with E-state index in [1.807, 2.05) is 12.1 Å². The number of amidine groups is 1. The zero-order valence-corrected chi connectivity index (χ0v) is 12.6. The molecule has 2 aromatic rings. The summed E-state index contributed by atoms with van der Waals surface area (Å²) in [6, 6.07) is 3.82. The van der Waals surface area contributed by atoms with Gasteiger partial charge >= 0.3 is 0 Å². The van der Waals surface area contributed by atoms with Crippen molar-refractivity contribution in [3.63, 3.8) is 0 Å². The first-order chi connectivity index (χ1) is 10.3. The number of hydrogen-bond donors (Lipinski definition) is 2. The van der Waals surface area contributed by atoms with Crippen molar-refractivity contribution in [3.05, 3.63) is 35.4 Å². The summed E-state index contributed by atoms with van der Waals surface area (Å²) in [5.74, 6) is 1.79. The molecule has 0 saturated carbocycles. The van der Waals surface area contributed by atoms with Crippen LogP contribution in [0.2, 0.25) is 0 Å². The second-order valence-corrected chi connectivity index (χ2v) is 6.02. The molecule has 2 aromatic heterocycles. The normalized spacial score (nSPS) is 14.5. The molecular formula is C14H18N6S. The number of nitrogens with one attached hydrogen (secondary N) is 1. The molecule has 0 radical (unpaired) electrons. The summed E-state index contributed by atoms with van der Waals surface area (Å²) in [5.41, 5.74) is 7.09. The molecular weight excluding hydrogens is 284 g/mol. The van der Waals surface area contributed by atoms with Crippen LogP contribution in [0.1, 0.15) is 36.3 Å². The van der Waals surface area contributed by atoms with Gasteiger partial charge in [-0.05, 0) is 24.5 Å². The fourth-order valence-corrected chi connectivity index (χ4v) is 3.47. The Kier molecular flexibility index (Phi) is 4.19. The maximum atomic E-state index is 7.58. The Morgan fingerprint density at radius 2 is 2.24 bits per heavy atom. The van der Waals surface area contributed by atoms with Crippen molar-refractivity contribution in [1.82, 2.24) is 19.7 Å². The number of nitrogens with zero attached hydrogens (tertiary/aromatic N) is 4. The van der Waals surface area contributed by atoms with E-state index < -0.39 is 0 Å². The zero-order chi connectivity index (χ0) is 14.7. The van der Waals surface area contributed by atoms with Gasteiger partial charge in [0.2, 0.25) is 0 Å². The van der Waals surface area contributed by atoms with Crippen LogP contribution in [0.3, 0.4) is 0 Å². The Morgan fingerprint density at radius 1 is 1.33 bits per heavy atom. The van der Waals surface area contributed by atoms with Crippen LogP contribution in [-0.4, -0.2) is 25.6 Å². The van der Waals surface area contributed by atoms with Crippen molar-refractivity contribution in [2.24, 2.45) is 5.73 Å².